The number of nitrogens with one attached hydrogen (secondary N) is 1. The Morgan fingerprint density at radius 1 is 1.23 bits per heavy atom. The molecule has 2 atom stereocenters. The molecular weight excluding hydrogens is 356 g/mol. The number of benzene rings is 1. The smallest absolute Gasteiger partial charge is 0.233 e. The van der Waals surface area contributed by atoms with Gasteiger partial charge in [0.15, 0.2) is 0 Å². The fraction of sp³-hybridized carbons (Fsp3) is 0.421. The summed E-state index contributed by atoms with van der Waals surface area (Å²) >= 11 is 6.03. The molecule has 2 aliphatic rings. The van der Waals surface area contributed by atoms with Gasteiger partial charge in [0.1, 0.15) is 5.75 Å². The summed E-state index contributed by atoms with van der Waals surface area (Å²) < 4.78 is 5.07. The van der Waals surface area contributed by atoms with Crippen molar-refractivity contribution >= 4 is 35.0 Å². The number of carbonyl (C=O) groups excluding carboxylic acids is 3. The minimum atomic E-state index is -0.220. The predicted molar refractivity (Wildman–Crippen MR) is 97.9 cm³/mol. The van der Waals surface area contributed by atoms with E-state index >= 15 is 0 Å². The summed E-state index contributed by atoms with van der Waals surface area (Å²) in [6, 6.07) is 4.99. The molecule has 1 fully saturated rings. The molecule has 6 nitrogen and oxygen atoms in total. The molecule has 1 aromatic carbocycles. The first-order chi connectivity index (χ1) is 12.5. The maximum Gasteiger partial charge on any atom is 0.233 e. The number of hydrogen-bond donors (Lipinski definition) is 1. The molecule has 0 unspecified atom stereocenters. The lowest BCUT2D eigenvalue weighted by atomic mass is 9.85. The molecule has 0 bridgehead atoms. The van der Waals surface area contributed by atoms with E-state index < -0.39 is 0 Å². The largest absolute Gasteiger partial charge is 0.495 e. The van der Waals surface area contributed by atoms with Crippen molar-refractivity contribution in [1.29, 1.82) is 0 Å². The van der Waals surface area contributed by atoms with Gasteiger partial charge in [0.05, 0.1) is 24.0 Å². The molecule has 0 saturated carbocycles. The Labute approximate surface area is 157 Å². The second-order valence-corrected chi connectivity index (χ2v) is 6.89. The summed E-state index contributed by atoms with van der Waals surface area (Å²) in [5.41, 5.74) is 0.575. The lowest BCUT2D eigenvalue weighted by Crippen LogP contribution is -2.32. The van der Waals surface area contributed by atoms with Gasteiger partial charge in [-0.1, -0.05) is 23.8 Å². The molecule has 1 aliphatic carbocycles. The fourth-order valence-corrected chi connectivity index (χ4v) is 3.71. The van der Waals surface area contributed by atoms with Crippen LogP contribution in [0.3, 0.4) is 0 Å². The number of halogens is 1. The molecule has 0 aromatic heterocycles. The Balaban J connectivity index is 1.49. The number of rotatable bonds is 6. The number of fused-ring (bicyclic) bond motifs is 1. The monoisotopic (exact) mass is 376 g/mol. The Kier molecular flexibility index (Phi) is 5.61. The van der Waals surface area contributed by atoms with Crippen molar-refractivity contribution in [2.75, 3.05) is 19.0 Å². The standard InChI is InChI=1S/C19H21ClN2O4/c1-26-16-9-8-12(11-15(16)20)21-17(23)7-4-10-22-18(24)13-5-2-3-6-14(13)19(22)25/h2-3,8-9,11,13-14H,4-7,10H2,1H3,(H,21,23)/t13-,14+. The van der Waals surface area contributed by atoms with Gasteiger partial charge in [-0.05, 0) is 37.5 Å². The van der Waals surface area contributed by atoms with E-state index in [0.717, 1.165) is 0 Å². The number of anilines is 1. The van der Waals surface area contributed by atoms with Gasteiger partial charge in [-0.3, -0.25) is 19.3 Å². The van der Waals surface area contributed by atoms with Gasteiger partial charge in [0.2, 0.25) is 17.7 Å². The second kappa shape index (κ2) is 7.91. The zero-order valence-electron chi connectivity index (χ0n) is 14.5. The summed E-state index contributed by atoms with van der Waals surface area (Å²) in [6.07, 6.45) is 5.83. The highest BCUT2D eigenvalue weighted by Gasteiger charge is 2.46. The number of imide groups is 1. The fourth-order valence-electron chi connectivity index (χ4n) is 3.45. The third kappa shape index (κ3) is 3.75. The van der Waals surface area contributed by atoms with E-state index in [0.29, 0.717) is 35.7 Å². The normalized spacial score (nSPS) is 21.7. The van der Waals surface area contributed by atoms with Crippen LogP contribution in [0.25, 0.3) is 0 Å². The summed E-state index contributed by atoms with van der Waals surface area (Å²) in [7, 11) is 1.52. The van der Waals surface area contributed by atoms with Crippen molar-refractivity contribution in [1.82, 2.24) is 4.90 Å². The van der Waals surface area contributed by atoms with Gasteiger partial charge in [-0.15, -0.1) is 0 Å². The van der Waals surface area contributed by atoms with Crippen LogP contribution >= 0.6 is 11.6 Å². The van der Waals surface area contributed by atoms with Crippen molar-refractivity contribution in [3.63, 3.8) is 0 Å². The molecular formula is C19H21ClN2O4. The van der Waals surface area contributed by atoms with Crippen LogP contribution in [0.5, 0.6) is 5.75 Å². The lowest BCUT2D eigenvalue weighted by Gasteiger charge is -2.14. The summed E-state index contributed by atoms with van der Waals surface area (Å²) in [5, 5.41) is 3.17. The minimum Gasteiger partial charge on any atom is -0.495 e. The number of hydrogen-bond acceptors (Lipinski definition) is 4. The van der Waals surface area contributed by atoms with Crippen LogP contribution in [-0.4, -0.2) is 36.3 Å². The van der Waals surface area contributed by atoms with Crippen molar-refractivity contribution in [3.8, 4) is 5.75 Å². The summed E-state index contributed by atoms with van der Waals surface area (Å²) in [5.74, 6) is -0.306. The minimum absolute atomic E-state index is 0.105. The number of allylic oxidation sites excluding steroid dienone is 2. The average Bonchev–Trinajstić information content (AvgIpc) is 2.87. The second-order valence-electron chi connectivity index (χ2n) is 6.48. The van der Waals surface area contributed by atoms with E-state index in [9.17, 15) is 14.4 Å². The van der Waals surface area contributed by atoms with Crippen LogP contribution in [0, 0.1) is 11.8 Å². The van der Waals surface area contributed by atoms with E-state index in [1.807, 2.05) is 12.2 Å². The highest BCUT2D eigenvalue weighted by atomic mass is 35.5. The molecule has 1 aliphatic heterocycles. The molecule has 1 saturated heterocycles. The Hall–Kier alpha value is -2.34. The first-order valence-corrected chi connectivity index (χ1v) is 9.02. The molecule has 0 spiro atoms. The molecule has 7 heteroatoms. The third-order valence-electron chi connectivity index (χ3n) is 4.82. The van der Waals surface area contributed by atoms with Crippen LogP contribution in [0.1, 0.15) is 25.7 Å². The predicted octanol–water partition coefficient (Wildman–Crippen LogP) is 3.02. The molecule has 0 radical (unpaired) electrons. The number of ether oxygens (including phenoxy) is 1. The maximum atomic E-state index is 12.4. The molecule has 3 rings (SSSR count). The quantitative estimate of drug-likeness (QED) is 0.611. The van der Waals surface area contributed by atoms with Crippen molar-refractivity contribution in [3.05, 3.63) is 35.4 Å². The van der Waals surface area contributed by atoms with Crippen LogP contribution in [0.15, 0.2) is 30.4 Å². The first kappa shape index (κ1) is 18.5. The van der Waals surface area contributed by atoms with Crippen LogP contribution < -0.4 is 10.1 Å². The number of amides is 3. The van der Waals surface area contributed by atoms with Crippen molar-refractivity contribution < 1.29 is 19.1 Å². The SMILES string of the molecule is COc1ccc(NC(=O)CCCN2C(=O)[C@H]3CC=CC[C@H]3C2=O)cc1Cl. The van der Waals surface area contributed by atoms with Crippen molar-refractivity contribution in [2.45, 2.75) is 25.7 Å². The molecule has 1 N–H and O–H groups in total. The number of likely N-dealkylation sites (tertiary alicyclic amines) is 1. The van der Waals surface area contributed by atoms with Crippen LogP contribution in [0.2, 0.25) is 5.02 Å². The topological polar surface area (TPSA) is 75.7 Å². The average molecular weight is 377 g/mol. The molecule has 26 heavy (non-hydrogen) atoms. The van der Waals surface area contributed by atoms with E-state index in [2.05, 4.69) is 5.32 Å². The molecule has 3 amide bonds. The number of methoxy groups -OCH3 is 1. The zero-order chi connectivity index (χ0) is 18.7. The van der Waals surface area contributed by atoms with Gasteiger partial charge < -0.3 is 10.1 Å². The van der Waals surface area contributed by atoms with Crippen molar-refractivity contribution in [2.24, 2.45) is 11.8 Å². The van der Waals surface area contributed by atoms with E-state index in [4.69, 9.17) is 16.3 Å². The zero-order valence-corrected chi connectivity index (χ0v) is 15.3. The maximum absolute atomic E-state index is 12.4. The summed E-state index contributed by atoms with van der Waals surface area (Å²) in [4.78, 5) is 38.1. The number of nitrogens with zero attached hydrogens (tertiary/aromatic N) is 1. The first-order valence-electron chi connectivity index (χ1n) is 8.65. The Morgan fingerprint density at radius 2 is 1.88 bits per heavy atom. The van der Waals surface area contributed by atoms with Gasteiger partial charge in [0, 0.05) is 18.7 Å². The lowest BCUT2D eigenvalue weighted by molar-refractivity contribution is -0.140. The van der Waals surface area contributed by atoms with Crippen LogP contribution in [-0.2, 0) is 14.4 Å². The van der Waals surface area contributed by atoms with Gasteiger partial charge in [-0.2, -0.15) is 0 Å². The highest BCUT2D eigenvalue weighted by Crippen LogP contribution is 2.35. The molecule has 1 aromatic rings. The Bertz CT molecular complexity index is 736. The molecule has 1 heterocycles. The molecule has 138 valence electrons. The van der Waals surface area contributed by atoms with E-state index in [-0.39, 0.29) is 42.5 Å². The van der Waals surface area contributed by atoms with Gasteiger partial charge in [-0.25, -0.2) is 0 Å². The third-order valence-corrected chi connectivity index (χ3v) is 5.12. The Morgan fingerprint density at radius 3 is 2.46 bits per heavy atom. The summed E-state index contributed by atoms with van der Waals surface area (Å²) in [6.45, 7) is 0.279. The van der Waals surface area contributed by atoms with Crippen LogP contribution in [0.4, 0.5) is 5.69 Å². The van der Waals surface area contributed by atoms with E-state index in [1.165, 1.54) is 12.0 Å². The van der Waals surface area contributed by atoms with Gasteiger partial charge >= 0.3 is 0 Å². The van der Waals surface area contributed by atoms with Gasteiger partial charge in [0.25, 0.3) is 0 Å². The number of carbonyl (C=O) groups is 3. The van der Waals surface area contributed by atoms with E-state index in [1.54, 1.807) is 18.2 Å². The highest BCUT2D eigenvalue weighted by molar-refractivity contribution is 6.32.